The predicted octanol–water partition coefficient (Wildman–Crippen LogP) is 9.97. The second-order valence-electron chi connectivity index (χ2n) is 14.5. The number of benzene rings is 3. The van der Waals surface area contributed by atoms with E-state index in [4.69, 9.17) is 16.3 Å². The Kier molecular flexibility index (Phi) is 12.8. The van der Waals surface area contributed by atoms with E-state index in [1.165, 1.54) is 22.6 Å². The second kappa shape index (κ2) is 17.1. The number of carboxylic acid groups (broad SMARTS) is 1. The number of piperidine rings is 1. The molecule has 0 spiro atoms. The molecule has 2 N–H and O–H groups in total. The first-order chi connectivity index (χ1) is 25.5. The molecule has 1 fully saturated rings. The van der Waals surface area contributed by atoms with Gasteiger partial charge in [-0.2, -0.15) is 0 Å². The highest BCUT2D eigenvalue weighted by Gasteiger charge is 2.31. The number of aromatic nitrogens is 1. The number of hydrogen-bond acceptors (Lipinski definition) is 6. The Morgan fingerprint density at radius 1 is 0.907 bits per heavy atom. The molecule has 288 valence electrons. The number of nitrogens with zero attached hydrogens (tertiary/aromatic N) is 3. The van der Waals surface area contributed by atoms with Gasteiger partial charge < -0.3 is 24.8 Å². The quantitative estimate of drug-likeness (QED) is 0.157. The summed E-state index contributed by atoms with van der Waals surface area (Å²) in [5.41, 5.74) is 7.17. The van der Waals surface area contributed by atoms with Gasteiger partial charge >= 0.3 is 18.5 Å². The fourth-order valence-electron chi connectivity index (χ4n) is 6.73. The Labute approximate surface area is 319 Å². The number of amides is 2. The summed E-state index contributed by atoms with van der Waals surface area (Å²) in [4.78, 5) is 32.6. The van der Waals surface area contributed by atoms with E-state index in [1.54, 1.807) is 39.8 Å². The molecule has 1 aliphatic heterocycles. The van der Waals surface area contributed by atoms with Crippen LogP contribution in [0.3, 0.4) is 0 Å². The van der Waals surface area contributed by atoms with Gasteiger partial charge in [0.05, 0.1) is 17.3 Å². The van der Waals surface area contributed by atoms with E-state index in [2.05, 4.69) is 44.2 Å². The Balaban J connectivity index is 1.21. The van der Waals surface area contributed by atoms with Crippen molar-refractivity contribution in [3.63, 3.8) is 0 Å². The summed E-state index contributed by atoms with van der Waals surface area (Å²) >= 11 is 6.78. The van der Waals surface area contributed by atoms with Crippen molar-refractivity contribution in [3.05, 3.63) is 106 Å². The molecule has 9 nitrogen and oxygen atoms in total. The number of ether oxygens (including phenoxy) is 2. The van der Waals surface area contributed by atoms with E-state index < -0.39 is 24.1 Å². The van der Waals surface area contributed by atoms with Gasteiger partial charge in [-0.25, -0.2) is 9.59 Å². The summed E-state index contributed by atoms with van der Waals surface area (Å²) in [5.74, 6) is 0.0897. The minimum atomic E-state index is -4.70. The molecule has 5 rings (SSSR count). The Hall–Kier alpha value is -4.81. The molecule has 0 unspecified atom stereocenters. The second-order valence-corrected chi connectivity index (χ2v) is 14.9. The summed E-state index contributed by atoms with van der Waals surface area (Å²) in [6.07, 6.45) is -4.62. The molecule has 54 heavy (non-hydrogen) atoms. The van der Waals surface area contributed by atoms with Crippen molar-refractivity contribution in [2.75, 3.05) is 26.2 Å². The lowest BCUT2D eigenvalue weighted by molar-refractivity contribution is -0.274. The van der Waals surface area contributed by atoms with Gasteiger partial charge in [0.15, 0.2) is 0 Å². The van der Waals surface area contributed by atoms with Crippen LogP contribution in [0.1, 0.15) is 67.6 Å². The Morgan fingerprint density at radius 3 is 2.04 bits per heavy atom. The highest BCUT2D eigenvalue weighted by Crippen LogP contribution is 2.36. The van der Waals surface area contributed by atoms with Crippen LogP contribution in [0.15, 0.2) is 72.8 Å². The number of aryl methyl sites for hydroxylation is 2. The zero-order chi connectivity index (χ0) is 39.2. The molecule has 1 aromatic heterocycles. The van der Waals surface area contributed by atoms with E-state index in [9.17, 15) is 27.9 Å². The minimum absolute atomic E-state index is 0.00151. The number of pyridine rings is 1. The maximum absolute atomic E-state index is 12.5. The van der Waals surface area contributed by atoms with Crippen LogP contribution in [0.2, 0.25) is 5.02 Å². The molecular weight excluding hydrogens is 721 g/mol. The number of likely N-dealkylation sites (tertiary alicyclic amines) is 1. The number of alkyl halides is 3. The van der Waals surface area contributed by atoms with Crippen molar-refractivity contribution in [2.45, 2.75) is 78.4 Å². The lowest BCUT2D eigenvalue weighted by Gasteiger charge is -2.32. The van der Waals surface area contributed by atoms with Crippen molar-refractivity contribution >= 4 is 23.8 Å². The van der Waals surface area contributed by atoms with E-state index in [1.807, 2.05) is 31.2 Å². The number of nitrogens with one attached hydrogen (secondary N) is 1. The monoisotopic (exact) mass is 766 g/mol. The van der Waals surface area contributed by atoms with Crippen molar-refractivity contribution < 1.29 is 37.3 Å². The van der Waals surface area contributed by atoms with E-state index in [-0.39, 0.29) is 25.4 Å². The standard InChI is InChI=1S/C41H46ClF3N4O5/c1-26-36(35(37(42)27(2)47-26)25-49(39(51)52)23-20-46-38(50)54-40(3,4)5)33-12-10-30(11-13-33)29-8-6-28(7-9-29)24-48-21-18-32(19-22-48)31-14-16-34(17-15-31)53-41(43,44)45/h6-17,32H,18-25H2,1-5H3,(H,46,50)(H,51,52). The third-order valence-electron chi connectivity index (χ3n) is 9.29. The largest absolute Gasteiger partial charge is 0.573 e. The van der Waals surface area contributed by atoms with Gasteiger partial charge in [0.25, 0.3) is 0 Å². The molecule has 3 aromatic carbocycles. The third kappa shape index (κ3) is 11.1. The lowest BCUT2D eigenvalue weighted by Crippen LogP contribution is -2.39. The first-order valence-electron chi connectivity index (χ1n) is 17.8. The average Bonchev–Trinajstić information content (AvgIpc) is 3.09. The summed E-state index contributed by atoms with van der Waals surface area (Å²) < 4.78 is 46.8. The topological polar surface area (TPSA) is 104 Å². The van der Waals surface area contributed by atoms with E-state index in [0.717, 1.165) is 66.0 Å². The number of carbonyl (C=O) groups excluding carboxylic acids is 1. The van der Waals surface area contributed by atoms with Gasteiger partial charge in [0.2, 0.25) is 0 Å². The van der Waals surface area contributed by atoms with Crippen molar-refractivity contribution in [1.82, 2.24) is 20.1 Å². The SMILES string of the molecule is Cc1nc(C)c(-c2ccc(-c3ccc(CN4CCC(c5ccc(OC(F)(F)F)cc5)CC4)cc3)cc2)c(CN(CCNC(=O)OC(C)(C)C)C(=O)O)c1Cl. The van der Waals surface area contributed by atoms with E-state index in [0.29, 0.717) is 22.2 Å². The molecule has 1 saturated heterocycles. The van der Waals surface area contributed by atoms with Gasteiger partial charge in [-0.05, 0) is 106 Å². The lowest BCUT2D eigenvalue weighted by atomic mass is 9.89. The maximum atomic E-state index is 12.5. The average molecular weight is 767 g/mol. The molecule has 1 aliphatic rings. The number of halogens is 4. The van der Waals surface area contributed by atoms with Crippen LogP contribution in [0, 0.1) is 13.8 Å². The normalized spacial score (nSPS) is 14.1. The summed E-state index contributed by atoms with van der Waals surface area (Å²) in [6, 6.07) is 22.7. The predicted molar refractivity (Wildman–Crippen MR) is 203 cm³/mol. The number of alkyl carbamates (subject to hydrolysis) is 1. The number of rotatable bonds is 11. The fraction of sp³-hybridized carbons (Fsp3) is 0.390. The van der Waals surface area contributed by atoms with Crippen LogP contribution < -0.4 is 10.1 Å². The highest BCUT2D eigenvalue weighted by molar-refractivity contribution is 6.32. The van der Waals surface area contributed by atoms with E-state index >= 15 is 0 Å². The molecule has 13 heteroatoms. The zero-order valence-electron chi connectivity index (χ0n) is 31.1. The van der Waals surface area contributed by atoms with Crippen LogP contribution in [-0.2, 0) is 17.8 Å². The van der Waals surface area contributed by atoms with Gasteiger partial charge in [0.1, 0.15) is 11.4 Å². The maximum Gasteiger partial charge on any atom is 0.573 e. The molecule has 2 amide bonds. The molecule has 0 radical (unpaired) electrons. The molecule has 4 aromatic rings. The molecule has 2 heterocycles. The molecule has 0 aliphatic carbocycles. The van der Waals surface area contributed by atoms with Crippen LogP contribution in [-0.4, -0.2) is 70.2 Å². The van der Waals surface area contributed by atoms with Gasteiger partial charge in [-0.3, -0.25) is 9.88 Å². The first kappa shape index (κ1) is 40.4. The van der Waals surface area contributed by atoms with Crippen LogP contribution in [0.25, 0.3) is 22.3 Å². The van der Waals surface area contributed by atoms with Gasteiger partial charge in [-0.1, -0.05) is 72.3 Å². The highest BCUT2D eigenvalue weighted by atomic mass is 35.5. The third-order valence-corrected chi connectivity index (χ3v) is 9.79. The Morgan fingerprint density at radius 2 is 1.48 bits per heavy atom. The molecule has 0 saturated carbocycles. The summed E-state index contributed by atoms with van der Waals surface area (Å²) in [6.45, 7) is 11.6. The van der Waals surface area contributed by atoms with Crippen LogP contribution in [0.4, 0.5) is 22.8 Å². The Bertz CT molecular complexity index is 1910. The van der Waals surface area contributed by atoms with Crippen molar-refractivity contribution in [3.8, 4) is 28.0 Å². The summed E-state index contributed by atoms with van der Waals surface area (Å²) in [7, 11) is 0. The number of carbonyl (C=O) groups is 2. The molecule has 0 atom stereocenters. The minimum Gasteiger partial charge on any atom is -0.465 e. The smallest absolute Gasteiger partial charge is 0.465 e. The van der Waals surface area contributed by atoms with Crippen LogP contribution >= 0.6 is 11.6 Å². The van der Waals surface area contributed by atoms with Crippen molar-refractivity contribution in [1.29, 1.82) is 0 Å². The zero-order valence-corrected chi connectivity index (χ0v) is 31.9. The number of hydrogen-bond donors (Lipinski definition) is 2. The molecular formula is C41H46ClF3N4O5. The van der Waals surface area contributed by atoms with Crippen LogP contribution in [0.5, 0.6) is 5.75 Å². The van der Waals surface area contributed by atoms with Gasteiger partial charge in [0, 0.05) is 36.5 Å². The van der Waals surface area contributed by atoms with Crippen molar-refractivity contribution in [2.24, 2.45) is 0 Å². The fourth-order valence-corrected chi connectivity index (χ4v) is 6.93. The molecule has 0 bridgehead atoms. The first-order valence-corrected chi connectivity index (χ1v) is 18.2. The van der Waals surface area contributed by atoms with Gasteiger partial charge in [-0.15, -0.1) is 13.2 Å². The summed E-state index contributed by atoms with van der Waals surface area (Å²) in [5, 5.41) is 13.0.